The number of pyridine rings is 1. The molecule has 0 fully saturated rings. The molecule has 1 unspecified atom stereocenters. The minimum absolute atomic E-state index is 0.366. The summed E-state index contributed by atoms with van der Waals surface area (Å²) in [5.74, 6) is -0.366. The van der Waals surface area contributed by atoms with Crippen molar-refractivity contribution < 1.29 is 4.79 Å². The Hall–Kier alpha value is -1.42. The number of nitrogens with two attached hydrogens (primary N) is 1. The van der Waals surface area contributed by atoms with E-state index in [1.807, 2.05) is 32.0 Å². The topological polar surface area (TPSA) is 68.0 Å². The van der Waals surface area contributed by atoms with E-state index in [1.54, 1.807) is 6.20 Å². The number of nitrogens with zero attached hydrogens (tertiary/aromatic N) is 1. The van der Waals surface area contributed by atoms with Crippen LogP contribution in [0.4, 0.5) is 0 Å². The van der Waals surface area contributed by atoms with Crippen LogP contribution in [0.15, 0.2) is 24.4 Å². The second kappa shape index (κ2) is 5.61. The van der Waals surface area contributed by atoms with Crippen molar-refractivity contribution >= 4 is 5.91 Å². The molecule has 1 heterocycles. The summed E-state index contributed by atoms with van der Waals surface area (Å²) in [6, 6.07) is 5.53. The predicted octanol–water partition coefficient (Wildman–Crippen LogP) is 1.17. The van der Waals surface area contributed by atoms with Crippen molar-refractivity contribution in [2.75, 3.05) is 6.54 Å². The Kier molecular flexibility index (Phi) is 4.43. The second-order valence-corrected chi connectivity index (χ2v) is 3.76. The van der Waals surface area contributed by atoms with Gasteiger partial charge < -0.3 is 5.73 Å². The van der Waals surface area contributed by atoms with Gasteiger partial charge in [0.2, 0.25) is 5.91 Å². The maximum atomic E-state index is 11.7. The summed E-state index contributed by atoms with van der Waals surface area (Å²) in [4.78, 5) is 16.0. The zero-order valence-corrected chi connectivity index (χ0v) is 9.86. The van der Waals surface area contributed by atoms with Crippen molar-refractivity contribution in [3.8, 4) is 0 Å². The molecule has 1 amide bonds. The van der Waals surface area contributed by atoms with Gasteiger partial charge in [0.1, 0.15) is 5.54 Å². The normalized spacial score (nSPS) is 14.4. The number of likely N-dealkylation sites (N-methyl/N-ethyl adjacent to an activating group) is 1. The summed E-state index contributed by atoms with van der Waals surface area (Å²) in [7, 11) is 0. The summed E-state index contributed by atoms with van der Waals surface area (Å²) in [5, 5.41) is 3.18. The van der Waals surface area contributed by atoms with E-state index in [-0.39, 0.29) is 5.91 Å². The molecular weight excluding hydrogens is 202 g/mol. The molecule has 88 valence electrons. The highest BCUT2D eigenvalue weighted by molar-refractivity contribution is 5.85. The van der Waals surface area contributed by atoms with E-state index in [0.29, 0.717) is 18.7 Å². The van der Waals surface area contributed by atoms with Gasteiger partial charge in [-0.15, -0.1) is 0 Å². The largest absolute Gasteiger partial charge is 0.368 e. The molecule has 0 aliphatic rings. The van der Waals surface area contributed by atoms with Crippen LogP contribution < -0.4 is 11.1 Å². The molecule has 3 N–H and O–H groups in total. The standard InChI is InChI=1S/C12H19N3O/c1-3-8-12(11(13)16,15-4-2)10-7-5-6-9-14-10/h5-7,9,15H,3-4,8H2,1-2H3,(H2,13,16). The molecule has 0 aliphatic carbocycles. The highest BCUT2D eigenvalue weighted by atomic mass is 16.1. The van der Waals surface area contributed by atoms with Gasteiger partial charge in [-0.2, -0.15) is 0 Å². The molecule has 4 nitrogen and oxygen atoms in total. The van der Waals surface area contributed by atoms with Gasteiger partial charge >= 0.3 is 0 Å². The molecule has 0 bridgehead atoms. The molecule has 0 aromatic carbocycles. The lowest BCUT2D eigenvalue weighted by atomic mass is 9.88. The third kappa shape index (κ3) is 2.39. The molecular formula is C12H19N3O. The summed E-state index contributed by atoms with van der Waals surface area (Å²) in [6.07, 6.45) is 3.21. The zero-order chi connectivity index (χ0) is 12.0. The van der Waals surface area contributed by atoms with Gasteiger partial charge in [0.25, 0.3) is 0 Å². The molecule has 0 saturated carbocycles. The van der Waals surface area contributed by atoms with E-state index < -0.39 is 5.54 Å². The Bertz CT molecular complexity index is 331. The molecule has 0 spiro atoms. The molecule has 1 aromatic heterocycles. The molecule has 4 heteroatoms. The summed E-state index contributed by atoms with van der Waals surface area (Å²) in [6.45, 7) is 4.66. The minimum atomic E-state index is -0.829. The highest BCUT2D eigenvalue weighted by Gasteiger charge is 2.37. The smallest absolute Gasteiger partial charge is 0.243 e. The predicted molar refractivity (Wildman–Crippen MR) is 63.7 cm³/mol. The number of amides is 1. The quantitative estimate of drug-likeness (QED) is 0.757. The number of primary amides is 1. The number of hydrogen-bond acceptors (Lipinski definition) is 3. The average molecular weight is 221 g/mol. The van der Waals surface area contributed by atoms with Crippen LogP contribution in [0.5, 0.6) is 0 Å². The number of hydrogen-bond donors (Lipinski definition) is 2. The van der Waals surface area contributed by atoms with E-state index in [1.165, 1.54) is 0 Å². The van der Waals surface area contributed by atoms with E-state index in [0.717, 1.165) is 6.42 Å². The van der Waals surface area contributed by atoms with Gasteiger partial charge in [0.15, 0.2) is 0 Å². The van der Waals surface area contributed by atoms with E-state index >= 15 is 0 Å². The van der Waals surface area contributed by atoms with Gasteiger partial charge in [0, 0.05) is 6.20 Å². The van der Waals surface area contributed by atoms with Crippen LogP contribution in [0.2, 0.25) is 0 Å². The van der Waals surface area contributed by atoms with Crippen LogP contribution in [-0.2, 0) is 10.3 Å². The van der Waals surface area contributed by atoms with E-state index in [4.69, 9.17) is 5.73 Å². The lowest BCUT2D eigenvalue weighted by Crippen LogP contribution is -2.53. The fraction of sp³-hybridized carbons (Fsp3) is 0.500. The van der Waals surface area contributed by atoms with Crippen molar-refractivity contribution in [2.45, 2.75) is 32.2 Å². The molecule has 1 atom stereocenters. The monoisotopic (exact) mass is 221 g/mol. The Balaban J connectivity index is 3.15. The third-order valence-electron chi connectivity index (χ3n) is 2.63. The summed E-state index contributed by atoms with van der Waals surface area (Å²) >= 11 is 0. The van der Waals surface area contributed by atoms with Crippen molar-refractivity contribution in [1.82, 2.24) is 10.3 Å². The van der Waals surface area contributed by atoms with Gasteiger partial charge in [0.05, 0.1) is 5.69 Å². The minimum Gasteiger partial charge on any atom is -0.368 e. The Morgan fingerprint density at radius 2 is 2.25 bits per heavy atom. The SMILES string of the molecule is CCCC(NCC)(C(N)=O)c1ccccn1. The fourth-order valence-corrected chi connectivity index (χ4v) is 1.94. The number of carbonyl (C=O) groups is 1. The van der Waals surface area contributed by atoms with Crippen LogP contribution in [0.3, 0.4) is 0 Å². The number of aromatic nitrogens is 1. The second-order valence-electron chi connectivity index (χ2n) is 3.76. The summed E-state index contributed by atoms with van der Waals surface area (Å²) < 4.78 is 0. The first-order valence-corrected chi connectivity index (χ1v) is 5.63. The number of rotatable bonds is 6. The molecule has 16 heavy (non-hydrogen) atoms. The first-order chi connectivity index (χ1) is 7.67. The maximum Gasteiger partial charge on any atom is 0.243 e. The zero-order valence-electron chi connectivity index (χ0n) is 9.86. The fourth-order valence-electron chi connectivity index (χ4n) is 1.94. The van der Waals surface area contributed by atoms with Gasteiger partial charge in [-0.25, -0.2) is 0 Å². The van der Waals surface area contributed by atoms with Crippen molar-refractivity contribution in [3.05, 3.63) is 30.1 Å². The number of nitrogens with one attached hydrogen (secondary N) is 1. The van der Waals surface area contributed by atoms with Gasteiger partial charge in [-0.1, -0.05) is 26.3 Å². The van der Waals surface area contributed by atoms with Crippen molar-refractivity contribution in [1.29, 1.82) is 0 Å². The third-order valence-corrected chi connectivity index (χ3v) is 2.63. The Morgan fingerprint density at radius 3 is 2.69 bits per heavy atom. The average Bonchev–Trinajstić information content (AvgIpc) is 2.29. The van der Waals surface area contributed by atoms with Crippen LogP contribution in [0.25, 0.3) is 0 Å². The molecule has 0 aliphatic heterocycles. The van der Waals surface area contributed by atoms with Crippen molar-refractivity contribution in [2.24, 2.45) is 5.73 Å². The van der Waals surface area contributed by atoms with Gasteiger partial charge in [-0.05, 0) is 25.1 Å². The maximum absolute atomic E-state index is 11.7. The van der Waals surface area contributed by atoms with Crippen LogP contribution >= 0.6 is 0 Å². The Morgan fingerprint density at radius 1 is 1.50 bits per heavy atom. The van der Waals surface area contributed by atoms with Crippen LogP contribution in [-0.4, -0.2) is 17.4 Å². The van der Waals surface area contributed by atoms with E-state index in [2.05, 4.69) is 10.3 Å². The molecule has 1 rings (SSSR count). The molecule has 1 aromatic rings. The molecule has 0 radical (unpaired) electrons. The number of carbonyl (C=O) groups excluding carboxylic acids is 1. The lowest BCUT2D eigenvalue weighted by molar-refractivity contribution is -0.125. The highest BCUT2D eigenvalue weighted by Crippen LogP contribution is 2.24. The van der Waals surface area contributed by atoms with E-state index in [9.17, 15) is 4.79 Å². The van der Waals surface area contributed by atoms with Crippen molar-refractivity contribution in [3.63, 3.8) is 0 Å². The first-order valence-electron chi connectivity index (χ1n) is 5.63. The van der Waals surface area contributed by atoms with Gasteiger partial charge in [-0.3, -0.25) is 15.1 Å². The molecule has 0 saturated heterocycles. The van der Waals surface area contributed by atoms with Crippen LogP contribution in [0.1, 0.15) is 32.4 Å². The first kappa shape index (κ1) is 12.6. The Labute approximate surface area is 96.3 Å². The lowest BCUT2D eigenvalue weighted by Gasteiger charge is -2.30. The summed E-state index contributed by atoms with van der Waals surface area (Å²) in [5.41, 5.74) is 5.41. The van der Waals surface area contributed by atoms with Crippen LogP contribution in [0, 0.1) is 0 Å².